The minimum atomic E-state index is -1.12. The Balaban J connectivity index is 2.23. The molecule has 3 nitrogen and oxygen atoms in total. The summed E-state index contributed by atoms with van der Waals surface area (Å²) >= 11 is 5.77. The molecular weight excluding hydrogens is 295 g/mol. The summed E-state index contributed by atoms with van der Waals surface area (Å²) in [5.41, 5.74) is 0.555. The van der Waals surface area contributed by atoms with E-state index in [2.05, 4.69) is 0 Å². The number of allylic oxidation sites excluding steroid dienone is 1. The first-order valence-electron chi connectivity index (χ1n) is 6.10. The molecule has 2 aromatic rings. The Morgan fingerprint density at radius 2 is 1.81 bits per heavy atom. The number of rotatable bonds is 4. The Morgan fingerprint density at radius 3 is 2.38 bits per heavy atom. The quantitative estimate of drug-likeness (QED) is 0.828. The maximum atomic E-state index is 14.0. The molecule has 0 spiro atoms. The van der Waals surface area contributed by atoms with Gasteiger partial charge in [0, 0.05) is 22.7 Å². The Morgan fingerprint density at radius 1 is 1.19 bits per heavy atom. The van der Waals surface area contributed by atoms with E-state index in [0.29, 0.717) is 22.1 Å². The van der Waals surface area contributed by atoms with Gasteiger partial charge >= 0.3 is 5.97 Å². The summed E-state index contributed by atoms with van der Waals surface area (Å²) in [6.07, 6.45) is 0.956. The zero-order chi connectivity index (χ0) is 15.4. The molecule has 1 N–H and O–H groups in total. The summed E-state index contributed by atoms with van der Waals surface area (Å²) in [6, 6.07) is 10.9. The van der Waals surface area contributed by atoms with Crippen LogP contribution >= 0.6 is 11.6 Å². The third-order valence-corrected chi connectivity index (χ3v) is 3.01. The van der Waals surface area contributed by atoms with Crippen LogP contribution in [0.2, 0.25) is 5.02 Å². The topological polar surface area (TPSA) is 46.5 Å². The number of benzene rings is 2. The lowest BCUT2D eigenvalue weighted by Gasteiger charge is -2.08. The number of aliphatic carboxylic acids is 1. The van der Waals surface area contributed by atoms with Gasteiger partial charge in [-0.1, -0.05) is 11.6 Å². The molecule has 0 saturated carbocycles. The van der Waals surface area contributed by atoms with Crippen molar-refractivity contribution >= 4 is 23.1 Å². The minimum absolute atomic E-state index is 0.223. The molecule has 108 valence electrons. The number of halogens is 2. The maximum absolute atomic E-state index is 14.0. The highest BCUT2D eigenvalue weighted by atomic mass is 35.5. The van der Waals surface area contributed by atoms with Gasteiger partial charge in [0.1, 0.15) is 17.3 Å². The maximum Gasteiger partial charge on any atom is 0.328 e. The van der Waals surface area contributed by atoms with E-state index in [0.717, 1.165) is 6.08 Å². The zero-order valence-electron chi connectivity index (χ0n) is 11.1. The molecule has 0 aliphatic heterocycles. The third kappa shape index (κ3) is 4.07. The van der Waals surface area contributed by atoms with Gasteiger partial charge < -0.3 is 9.84 Å². The normalized spacial score (nSPS) is 11.3. The minimum Gasteiger partial charge on any atom is -0.478 e. The molecule has 0 saturated heterocycles. The molecule has 0 amide bonds. The molecule has 0 aliphatic rings. The molecule has 5 heteroatoms. The first kappa shape index (κ1) is 15.1. The number of carboxylic acids is 1. The first-order valence-corrected chi connectivity index (χ1v) is 6.48. The van der Waals surface area contributed by atoms with Crippen LogP contribution in [0.5, 0.6) is 11.5 Å². The molecule has 21 heavy (non-hydrogen) atoms. The van der Waals surface area contributed by atoms with E-state index in [4.69, 9.17) is 21.4 Å². The van der Waals surface area contributed by atoms with Gasteiger partial charge in [0.15, 0.2) is 0 Å². The lowest BCUT2D eigenvalue weighted by molar-refractivity contribution is -0.131. The summed E-state index contributed by atoms with van der Waals surface area (Å²) in [5, 5.41) is 9.26. The Bertz CT molecular complexity index is 693. The zero-order valence-corrected chi connectivity index (χ0v) is 11.9. The predicted molar refractivity (Wildman–Crippen MR) is 79.2 cm³/mol. The van der Waals surface area contributed by atoms with Gasteiger partial charge in [-0.3, -0.25) is 0 Å². The van der Waals surface area contributed by atoms with E-state index in [1.807, 2.05) is 0 Å². The molecule has 0 aliphatic carbocycles. The molecule has 2 aromatic carbocycles. The van der Waals surface area contributed by atoms with Crippen LogP contribution < -0.4 is 4.74 Å². The van der Waals surface area contributed by atoms with Gasteiger partial charge in [-0.2, -0.15) is 0 Å². The average Bonchev–Trinajstić information content (AvgIpc) is 2.40. The highest BCUT2D eigenvalue weighted by molar-refractivity contribution is 6.30. The van der Waals surface area contributed by atoms with E-state index in [1.54, 1.807) is 30.3 Å². The van der Waals surface area contributed by atoms with Crippen molar-refractivity contribution < 1.29 is 19.0 Å². The van der Waals surface area contributed by atoms with Crippen molar-refractivity contribution in [2.24, 2.45) is 0 Å². The summed E-state index contributed by atoms with van der Waals surface area (Å²) < 4.78 is 19.5. The molecule has 2 rings (SSSR count). The van der Waals surface area contributed by atoms with Crippen molar-refractivity contribution in [3.8, 4) is 11.5 Å². The molecule has 0 fully saturated rings. The summed E-state index contributed by atoms with van der Waals surface area (Å²) in [7, 11) is 0. The average molecular weight is 307 g/mol. The number of hydrogen-bond donors (Lipinski definition) is 1. The van der Waals surface area contributed by atoms with E-state index in [1.165, 1.54) is 19.1 Å². The Labute approximate surface area is 126 Å². The van der Waals surface area contributed by atoms with Gasteiger partial charge in [-0.15, -0.1) is 0 Å². The lowest BCUT2D eigenvalue weighted by atomic mass is 10.1. The van der Waals surface area contributed by atoms with Crippen LogP contribution in [0.1, 0.15) is 12.5 Å². The van der Waals surface area contributed by atoms with Crippen LogP contribution in [-0.4, -0.2) is 11.1 Å². The number of carboxylic acid groups (broad SMARTS) is 1. The Kier molecular flexibility index (Phi) is 4.60. The Hall–Kier alpha value is -2.33. The molecular formula is C16H12ClFO3. The molecule has 0 radical (unpaired) electrons. The molecule has 0 heterocycles. The largest absolute Gasteiger partial charge is 0.478 e. The fourth-order valence-electron chi connectivity index (χ4n) is 1.78. The van der Waals surface area contributed by atoms with Crippen LogP contribution in [0, 0.1) is 5.82 Å². The van der Waals surface area contributed by atoms with Gasteiger partial charge in [-0.05, 0) is 48.9 Å². The van der Waals surface area contributed by atoms with E-state index in [-0.39, 0.29) is 5.56 Å². The second kappa shape index (κ2) is 6.41. The summed E-state index contributed by atoms with van der Waals surface area (Å²) in [5.74, 6) is -0.809. The van der Waals surface area contributed by atoms with Crippen LogP contribution in [0.3, 0.4) is 0 Å². The van der Waals surface area contributed by atoms with Gasteiger partial charge in [0.05, 0.1) is 0 Å². The summed E-state index contributed by atoms with van der Waals surface area (Å²) in [4.78, 5) is 10.6. The number of hydrogen-bond acceptors (Lipinski definition) is 2. The number of ether oxygens (including phenoxy) is 1. The molecule has 0 atom stereocenters. The van der Waals surface area contributed by atoms with Crippen LogP contribution in [-0.2, 0) is 4.79 Å². The predicted octanol–water partition coefficient (Wildman–Crippen LogP) is 4.76. The molecule has 0 bridgehead atoms. The third-order valence-electron chi connectivity index (χ3n) is 2.75. The highest BCUT2D eigenvalue weighted by Crippen LogP contribution is 2.27. The summed E-state index contributed by atoms with van der Waals surface area (Å²) in [6.45, 7) is 1.53. The monoisotopic (exact) mass is 306 g/mol. The van der Waals surface area contributed by atoms with Crippen molar-refractivity contribution in [3.05, 3.63) is 64.9 Å². The van der Waals surface area contributed by atoms with Gasteiger partial charge in [0.25, 0.3) is 0 Å². The second-order valence-corrected chi connectivity index (χ2v) is 4.80. The van der Waals surface area contributed by atoms with Crippen molar-refractivity contribution in [3.63, 3.8) is 0 Å². The van der Waals surface area contributed by atoms with E-state index in [9.17, 15) is 9.18 Å². The SMILES string of the molecule is CC(=CC(=O)O)c1ccc(Oc2ccc(Cl)cc2)cc1F. The fourth-order valence-corrected chi connectivity index (χ4v) is 1.91. The van der Waals surface area contributed by atoms with Crippen molar-refractivity contribution in [2.45, 2.75) is 6.92 Å². The first-order chi connectivity index (χ1) is 9.95. The van der Waals surface area contributed by atoms with Crippen LogP contribution in [0.4, 0.5) is 4.39 Å². The lowest BCUT2D eigenvalue weighted by Crippen LogP contribution is -1.93. The fraction of sp³-hybridized carbons (Fsp3) is 0.0625. The van der Waals surface area contributed by atoms with Crippen molar-refractivity contribution in [1.82, 2.24) is 0 Å². The van der Waals surface area contributed by atoms with Crippen molar-refractivity contribution in [2.75, 3.05) is 0 Å². The van der Waals surface area contributed by atoms with Crippen LogP contribution in [0.25, 0.3) is 5.57 Å². The van der Waals surface area contributed by atoms with E-state index < -0.39 is 11.8 Å². The smallest absolute Gasteiger partial charge is 0.328 e. The standard InChI is InChI=1S/C16H12ClFO3/c1-10(8-16(19)20)14-7-6-13(9-15(14)18)21-12-4-2-11(17)3-5-12/h2-9H,1H3,(H,19,20). The molecule has 0 unspecified atom stereocenters. The van der Waals surface area contributed by atoms with Gasteiger partial charge in [-0.25, -0.2) is 9.18 Å². The van der Waals surface area contributed by atoms with Crippen LogP contribution in [0.15, 0.2) is 48.5 Å². The highest BCUT2D eigenvalue weighted by Gasteiger charge is 2.08. The van der Waals surface area contributed by atoms with Gasteiger partial charge in [0.2, 0.25) is 0 Å². The van der Waals surface area contributed by atoms with E-state index >= 15 is 0 Å². The second-order valence-electron chi connectivity index (χ2n) is 4.36. The number of carbonyl (C=O) groups is 1. The van der Waals surface area contributed by atoms with Crippen molar-refractivity contribution in [1.29, 1.82) is 0 Å². The molecule has 0 aromatic heterocycles.